The number of hydrogen-bond acceptors (Lipinski definition) is 3. The molecule has 2 aliphatic heterocycles. The van der Waals surface area contributed by atoms with E-state index >= 15 is 0 Å². The number of piperidine rings is 1. The van der Waals surface area contributed by atoms with Gasteiger partial charge in [-0.1, -0.05) is 54.8 Å². The number of likely N-dealkylation sites (N-methyl/N-ethyl adjacent to an activating group) is 1. The van der Waals surface area contributed by atoms with Crippen molar-refractivity contribution in [2.24, 2.45) is 11.8 Å². The van der Waals surface area contributed by atoms with Gasteiger partial charge in [0.1, 0.15) is 5.75 Å². The van der Waals surface area contributed by atoms with Crippen molar-refractivity contribution in [1.29, 1.82) is 0 Å². The van der Waals surface area contributed by atoms with Gasteiger partial charge in [0, 0.05) is 13.1 Å². The van der Waals surface area contributed by atoms with E-state index in [-0.39, 0.29) is 5.54 Å². The molecule has 3 heteroatoms. The molecule has 2 aromatic rings. The predicted molar refractivity (Wildman–Crippen MR) is 137 cm³/mol. The van der Waals surface area contributed by atoms with Gasteiger partial charge in [-0.2, -0.15) is 0 Å². The summed E-state index contributed by atoms with van der Waals surface area (Å²) in [6, 6.07) is 17.9. The van der Waals surface area contributed by atoms with E-state index in [1.165, 1.54) is 70.1 Å². The van der Waals surface area contributed by atoms with E-state index in [1.54, 1.807) is 11.1 Å². The van der Waals surface area contributed by atoms with Crippen LogP contribution in [0, 0.1) is 18.8 Å². The summed E-state index contributed by atoms with van der Waals surface area (Å²) in [4.78, 5) is 5.48. The van der Waals surface area contributed by atoms with Crippen LogP contribution in [0.15, 0.2) is 48.5 Å². The number of rotatable bonds is 7. The Hall–Kier alpha value is -1.84. The van der Waals surface area contributed by atoms with E-state index in [4.69, 9.17) is 4.74 Å². The van der Waals surface area contributed by atoms with Crippen LogP contribution in [0.2, 0.25) is 0 Å². The summed E-state index contributed by atoms with van der Waals surface area (Å²) in [6.45, 7) is 7.77. The van der Waals surface area contributed by atoms with Gasteiger partial charge in [0.15, 0.2) is 0 Å². The van der Waals surface area contributed by atoms with Crippen molar-refractivity contribution >= 4 is 0 Å². The number of benzene rings is 2. The van der Waals surface area contributed by atoms with Crippen LogP contribution in [0.3, 0.4) is 0 Å². The normalized spacial score (nSPS) is 25.3. The zero-order chi connectivity index (χ0) is 22.7. The molecule has 3 aliphatic rings. The third-order valence-electron chi connectivity index (χ3n) is 8.89. The molecule has 1 saturated heterocycles. The Morgan fingerprint density at radius 1 is 0.879 bits per heavy atom. The van der Waals surface area contributed by atoms with Crippen molar-refractivity contribution in [1.82, 2.24) is 9.80 Å². The highest BCUT2D eigenvalue weighted by Crippen LogP contribution is 2.54. The summed E-state index contributed by atoms with van der Waals surface area (Å²) < 4.78 is 5.97. The van der Waals surface area contributed by atoms with Gasteiger partial charge >= 0.3 is 0 Å². The van der Waals surface area contributed by atoms with Crippen molar-refractivity contribution in [3.8, 4) is 5.75 Å². The lowest BCUT2D eigenvalue weighted by Crippen LogP contribution is -2.59. The molecule has 1 aliphatic carbocycles. The van der Waals surface area contributed by atoms with Crippen molar-refractivity contribution in [3.05, 3.63) is 65.2 Å². The van der Waals surface area contributed by atoms with Crippen LogP contribution in [0.4, 0.5) is 0 Å². The smallest absolute Gasteiger partial charge is 0.119 e. The minimum absolute atomic E-state index is 0.256. The molecule has 5 rings (SSSR count). The Balaban J connectivity index is 1.22. The van der Waals surface area contributed by atoms with Gasteiger partial charge in [-0.15, -0.1) is 0 Å². The predicted octanol–water partition coefficient (Wildman–Crippen LogP) is 6.05. The summed E-state index contributed by atoms with van der Waals surface area (Å²) in [5.74, 6) is 2.59. The van der Waals surface area contributed by atoms with Crippen LogP contribution in [0.1, 0.15) is 61.6 Å². The lowest BCUT2D eigenvalue weighted by Gasteiger charge is -2.56. The van der Waals surface area contributed by atoms with Crippen LogP contribution in [0.5, 0.6) is 5.75 Å². The van der Waals surface area contributed by atoms with Gasteiger partial charge in [0.2, 0.25) is 0 Å². The Kier molecular flexibility index (Phi) is 7.08. The molecule has 0 spiro atoms. The number of hydrogen-bond donors (Lipinski definition) is 0. The van der Waals surface area contributed by atoms with Gasteiger partial charge in [-0.3, -0.25) is 4.90 Å². The summed E-state index contributed by atoms with van der Waals surface area (Å²) in [5.41, 5.74) is 4.84. The average Bonchev–Trinajstić information content (AvgIpc) is 3.39. The highest BCUT2D eigenvalue weighted by molar-refractivity contribution is 5.38. The Morgan fingerprint density at radius 3 is 2.33 bits per heavy atom. The molecule has 0 bridgehead atoms. The van der Waals surface area contributed by atoms with Crippen LogP contribution < -0.4 is 4.74 Å². The minimum atomic E-state index is 0.256. The quantitative estimate of drug-likeness (QED) is 0.482. The highest BCUT2D eigenvalue weighted by Gasteiger charge is 2.52. The van der Waals surface area contributed by atoms with Crippen molar-refractivity contribution < 1.29 is 4.74 Å². The van der Waals surface area contributed by atoms with Crippen LogP contribution >= 0.6 is 0 Å². The number of nitrogens with zero attached hydrogens (tertiary/aromatic N) is 2. The summed E-state index contributed by atoms with van der Waals surface area (Å²) >= 11 is 0. The molecule has 2 aromatic carbocycles. The van der Waals surface area contributed by atoms with E-state index in [2.05, 4.69) is 72.3 Å². The van der Waals surface area contributed by atoms with Crippen LogP contribution in [-0.2, 0) is 12.0 Å². The lowest BCUT2D eigenvalue weighted by atomic mass is 9.62. The number of aryl methyl sites for hydroxylation is 1. The largest absolute Gasteiger partial charge is 0.494 e. The summed E-state index contributed by atoms with van der Waals surface area (Å²) in [5, 5.41) is 0. The SMILES string of the molecule is Cc1ccc(OCCCN2CCC(C3(C4CCCC4)c4ccccc4CCN3C)CC2)cc1. The summed E-state index contributed by atoms with van der Waals surface area (Å²) in [7, 11) is 2.43. The average molecular weight is 447 g/mol. The Bertz CT molecular complexity index is 896. The maximum absolute atomic E-state index is 5.97. The minimum Gasteiger partial charge on any atom is -0.494 e. The molecule has 0 aromatic heterocycles. The van der Waals surface area contributed by atoms with Gasteiger partial charge in [0.25, 0.3) is 0 Å². The second kappa shape index (κ2) is 10.2. The highest BCUT2D eigenvalue weighted by atomic mass is 16.5. The first-order valence-electron chi connectivity index (χ1n) is 13.4. The lowest BCUT2D eigenvalue weighted by molar-refractivity contribution is -0.0390. The second-order valence-electron chi connectivity index (χ2n) is 10.8. The number of fused-ring (bicyclic) bond motifs is 1. The molecule has 2 heterocycles. The van der Waals surface area contributed by atoms with Crippen molar-refractivity contribution in [3.63, 3.8) is 0 Å². The molecular weight excluding hydrogens is 404 g/mol. The zero-order valence-corrected chi connectivity index (χ0v) is 20.8. The maximum Gasteiger partial charge on any atom is 0.119 e. The van der Waals surface area contributed by atoms with E-state index < -0.39 is 0 Å². The first-order chi connectivity index (χ1) is 16.2. The molecular formula is C30H42N2O. The van der Waals surface area contributed by atoms with E-state index in [0.717, 1.165) is 37.2 Å². The first-order valence-corrected chi connectivity index (χ1v) is 13.4. The molecule has 3 nitrogen and oxygen atoms in total. The molecule has 0 amide bonds. The van der Waals surface area contributed by atoms with E-state index in [1.807, 2.05) is 0 Å². The number of ether oxygens (including phenoxy) is 1. The zero-order valence-electron chi connectivity index (χ0n) is 20.8. The fourth-order valence-corrected chi connectivity index (χ4v) is 7.28. The molecule has 1 atom stereocenters. The fraction of sp³-hybridized carbons (Fsp3) is 0.600. The molecule has 0 radical (unpaired) electrons. The second-order valence-corrected chi connectivity index (χ2v) is 10.8. The van der Waals surface area contributed by atoms with E-state index in [0.29, 0.717) is 0 Å². The van der Waals surface area contributed by atoms with Gasteiger partial charge in [-0.25, -0.2) is 0 Å². The summed E-state index contributed by atoms with van der Waals surface area (Å²) in [6.07, 6.45) is 10.6. The van der Waals surface area contributed by atoms with Crippen molar-refractivity contribution in [2.75, 3.05) is 39.8 Å². The van der Waals surface area contributed by atoms with Crippen LogP contribution in [0.25, 0.3) is 0 Å². The van der Waals surface area contributed by atoms with Crippen LogP contribution in [-0.4, -0.2) is 49.6 Å². The molecule has 2 fully saturated rings. The molecule has 0 N–H and O–H groups in total. The Morgan fingerprint density at radius 2 is 1.58 bits per heavy atom. The van der Waals surface area contributed by atoms with Gasteiger partial charge < -0.3 is 9.64 Å². The molecule has 33 heavy (non-hydrogen) atoms. The third-order valence-corrected chi connectivity index (χ3v) is 8.89. The third kappa shape index (κ3) is 4.59. The first kappa shape index (κ1) is 22.9. The molecule has 178 valence electrons. The molecule has 1 saturated carbocycles. The van der Waals surface area contributed by atoms with Gasteiger partial charge in [-0.05, 0) is 101 Å². The van der Waals surface area contributed by atoms with E-state index in [9.17, 15) is 0 Å². The maximum atomic E-state index is 5.97. The monoisotopic (exact) mass is 446 g/mol. The Labute approximate surface area is 201 Å². The van der Waals surface area contributed by atoms with Gasteiger partial charge in [0.05, 0.1) is 12.1 Å². The molecule has 1 unspecified atom stereocenters. The fourth-order valence-electron chi connectivity index (χ4n) is 7.28. The standard InChI is InChI=1S/C30H42N2O/c1-24-12-14-28(15-13-24)33-23-7-19-32-21-17-27(18-22-32)30(26-9-4-5-10-26)29-11-6-3-8-25(29)16-20-31(30)2/h3,6,8,11-15,26-27H,4-5,7,9-10,16-23H2,1-2H3. The van der Waals surface area contributed by atoms with Crippen molar-refractivity contribution in [2.45, 2.75) is 63.8 Å². The number of likely N-dealkylation sites (tertiary alicyclic amines) is 1. The topological polar surface area (TPSA) is 15.7 Å².